The standard InChI is InChI=1S/C54H60O10/c55-32-31-48(58-34-42-21-9-2-10-22-42)50(59-35-43-23-11-3-12-24-43)47(56)39-63-54-53(62-38-46-29-17-6-18-30-46)52(61-37-45-27-15-5-16-28-45)51(60-36-44-25-13-4-14-26-44)49(64-54)40-57-33-41-19-7-1-8-20-41/h1-30,47-56H,31-40H2/t47-,48-,49-,50-,51-,52+,53-,54-/m1/s1. The Balaban J connectivity index is 1.18. The van der Waals surface area contributed by atoms with Crippen LogP contribution in [0.3, 0.4) is 0 Å². The van der Waals surface area contributed by atoms with Crippen molar-refractivity contribution in [3.8, 4) is 0 Å². The van der Waals surface area contributed by atoms with Crippen LogP contribution in [0.1, 0.15) is 39.8 Å². The van der Waals surface area contributed by atoms with Crippen molar-refractivity contribution < 1.29 is 48.1 Å². The van der Waals surface area contributed by atoms with Crippen LogP contribution in [0.2, 0.25) is 0 Å². The van der Waals surface area contributed by atoms with Crippen molar-refractivity contribution in [3.05, 3.63) is 215 Å². The van der Waals surface area contributed by atoms with E-state index in [1.165, 1.54) is 0 Å². The molecule has 1 fully saturated rings. The van der Waals surface area contributed by atoms with Crippen LogP contribution in [-0.4, -0.2) is 79.1 Å². The third kappa shape index (κ3) is 14.7. The smallest absolute Gasteiger partial charge is 0.187 e. The fourth-order valence-corrected chi connectivity index (χ4v) is 7.65. The maximum Gasteiger partial charge on any atom is 0.187 e. The van der Waals surface area contributed by atoms with Crippen molar-refractivity contribution in [2.75, 3.05) is 19.8 Å². The van der Waals surface area contributed by atoms with Gasteiger partial charge in [0.2, 0.25) is 0 Å². The van der Waals surface area contributed by atoms with Crippen LogP contribution in [0.4, 0.5) is 0 Å². The average molecular weight is 869 g/mol. The first-order chi connectivity index (χ1) is 31.6. The van der Waals surface area contributed by atoms with Gasteiger partial charge in [-0.25, -0.2) is 0 Å². The van der Waals surface area contributed by atoms with E-state index in [1.807, 2.05) is 182 Å². The number of hydrogen-bond donors (Lipinski definition) is 2. The molecule has 1 aliphatic heterocycles. The predicted molar refractivity (Wildman–Crippen MR) is 244 cm³/mol. The van der Waals surface area contributed by atoms with Crippen LogP contribution in [0, 0.1) is 0 Å². The Morgan fingerprint density at radius 3 is 1.28 bits per heavy atom. The molecule has 0 spiro atoms. The molecule has 64 heavy (non-hydrogen) atoms. The van der Waals surface area contributed by atoms with Gasteiger partial charge in [-0.3, -0.25) is 0 Å². The van der Waals surface area contributed by atoms with Crippen molar-refractivity contribution in [1.29, 1.82) is 0 Å². The summed E-state index contributed by atoms with van der Waals surface area (Å²) in [6.45, 7) is 1.39. The molecule has 8 atom stereocenters. The highest BCUT2D eigenvalue weighted by Crippen LogP contribution is 2.32. The second-order valence-corrected chi connectivity index (χ2v) is 15.8. The molecule has 0 amide bonds. The van der Waals surface area contributed by atoms with Crippen LogP contribution in [0.25, 0.3) is 0 Å². The van der Waals surface area contributed by atoms with Crippen LogP contribution < -0.4 is 0 Å². The monoisotopic (exact) mass is 868 g/mol. The van der Waals surface area contributed by atoms with Crippen molar-refractivity contribution in [1.82, 2.24) is 0 Å². The van der Waals surface area contributed by atoms with Crippen molar-refractivity contribution >= 4 is 0 Å². The van der Waals surface area contributed by atoms with Gasteiger partial charge in [0.25, 0.3) is 0 Å². The maximum atomic E-state index is 12.1. The van der Waals surface area contributed by atoms with Crippen LogP contribution >= 0.6 is 0 Å². The number of aliphatic hydroxyl groups excluding tert-OH is 2. The topological polar surface area (TPSA) is 114 Å². The number of rotatable bonds is 26. The molecule has 0 aliphatic carbocycles. The van der Waals surface area contributed by atoms with Crippen molar-refractivity contribution in [3.63, 3.8) is 0 Å². The summed E-state index contributed by atoms with van der Waals surface area (Å²) in [6.07, 6.45) is -6.47. The molecule has 1 heterocycles. The summed E-state index contributed by atoms with van der Waals surface area (Å²) in [4.78, 5) is 0. The Morgan fingerprint density at radius 2 is 0.828 bits per heavy atom. The van der Waals surface area contributed by atoms with Gasteiger partial charge in [-0.15, -0.1) is 0 Å². The fourth-order valence-electron chi connectivity index (χ4n) is 7.65. The highest BCUT2D eigenvalue weighted by molar-refractivity contribution is 5.18. The van der Waals surface area contributed by atoms with E-state index in [-0.39, 0.29) is 52.7 Å². The lowest BCUT2D eigenvalue weighted by Crippen LogP contribution is -2.62. The summed E-state index contributed by atoms with van der Waals surface area (Å²) in [5.41, 5.74) is 5.82. The number of hydrogen-bond acceptors (Lipinski definition) is 10. The molecule has 7 rings (SSSR count). The highest BCUT2D eigenvalue weighted by atomic mass is 16.7. The van der Waals surface area contributed by atoms with E-state index in [2.05, 4.69) is 0 Å². The molecule has 0 saturated carbocycles. The molecular formula is C54H60O10. The van der Waals surface area contributed by atoms with E-state index < -0.39 is 49.0 Å². The Hall–Kier alpha value is -5.08. The fraction of sp³-hybridized carbons (Fsp3) is 0.333. The second kappa shape index (κ2) is 26.0. The number of ether oxygens (including phenoxy) is 8. The first-order valence-electron chi connectivity index (χ1n) is 22.1. The first-order valence-corrected chi connectivity index (χ1v) is 22.1. The molecule has 1 aliphatic rings. The average Bonchev–Trinajstić information content (AvgIpc) is 3.35. The molecule has 0 bridgehead atoms. The molecule has 1 saturated heterocycles. The maximum absolute atomic E-state index is 12.1. The molecule has 10 nitrogen and oxygen atoms in total. The lowest BCUT2D eigenvalue weighted by molar-refractivity contribution is -0.332. The zero-order valence-corrected chi connectivity index (χ0v) is 36.2. The van der Waals surface area contributed by atoms with E-state index in [9.17, 15) is 10.2 Å². The second-order valence-electron chi connectivity index (χ2n) is 15.8. The van der Waals surface area contributed by atoms with Crippen LogP contribution in [0.5, 0.6) is 0 Å². The van der Waals surface area contributed by atoms with Gasteiger partial charge in [-0.05, 0) is 39.8 Å². The first kappa shape index (κ1) is 46.9. The summed E-state index contributed by atoms with van der Waals surface area (Å²) in [5, 5.41) is 22.4. The summed E-state index contributed by atoms with van der Waals surface area (Å²) < 4.78 is 53.3. The minimum atomic E-state index is -1.21. The number of aliphatic hydroxyl groups is 2. The molecule has 0 unspecified atom stereocenters. The van der Waals surface area contributed by atoms with E-state index >= 15 is 0 Å². The highest BCUT2D eigenvalue weighted by Gasteiger charge is 2.49. The van der Waals surface area contributed by atoms with E-state index in [0.717, 1.165) is 33.4 Å². The van der Waals surface area contributed by atoms with Gasteiger partial charge in [0.05, 0.1) is 59.0 Å². The Bertz CT molecular complexity index is 2120. The summed E-state index contributed by atoms with van der Waals surface area (Å²) in [5.74, 6) is 0. The largest absolute Gasteiger partial charge is 0.396 e. The van der Waals surface area contributed by atoms with Crippen molar-refractivity contribution in [2.45, 2.75) is 95.1 Å². The zero-order chi connectivity index (χ0) is 44.0. The lowest BCUT2D eigenvalue weighted by atomic mass is 9.97. The SMILES string of the molecule is OCC[C@@H](OCc1ccccc1)[C@H](OCc1ccccc1)[C@H](O)CO[C@@H]1O[C@H](COCc2ccccc2)[C@@H](OCc2ccccc2)[C@H](OCc2ccccc2)[C@H]1OCc1ccccc1. The van der Waals surface area contributed by atoms with E-state index in [0.29, 0.717) is 13.2 Å². The Kier molecular flexibility index (Phi) is 19.1. The minimum Gasteiger partial charge on any atom is -0.396 e. The minimum absolute atomic E-state index is 0.155. The summed E-state index contributed by atoms with van der Waals surface area (Å²) in [6, 6.07) is 59.3. The molecule has 10 heteroatoms. The summed E-state index contributed by atoms with van der Waals surface area (Å²) >= 11 is 0. The molecular weight excluding hydrogens is 809 g/mol. The molecule has 6 aromatic carbocycles. The van der Waals surface area contributed by atoms with Crippen molar-refractivity contribution in [2.24, 2.45) is 0 Å². The normalized spacial score (nSPS) is 20.1. The van der Waals surface area contributed by atoms with Gasteiger partial charge in [-0.2, -0.15) is 0 Å². The van der Waals surface area contributed by atoms with Gasteiger partial charge in [-0.1, -0.05) is 182 Å². The van der Waals surface area contributed by atoms with Crippen LogP contribution in [0.15, 0.2) is 182 Å². The zero-order valence-electron chi connectivity index (χ0n) is 36.2. The molecule has 336 valence electrons. The Labute approximate surface area is 377 Å². The molecule has 0 radical (unpaired) electrons. The summed E-state index contributed by atoms with van der Waals surface area (Å²) in [7, 11) is 0. The molecule has 6 aromatic rings. The van der Waals surface area contributed by atoms with E-state index in [1.54, 1.807) is 0 Å². The third-order valence-electron chi connectivity index (χ3n) is 11.0. The van der Waals surface area contributed by atoms with Gasteiger partial charge in [0, 0.05) is 6.61 Å². The molecule has 2 N–H and O–H groups in total. The van der Waals surface area contributed by atoms with Gasteiger partial charge in [0.1, 0.15) is 36.6 Å². The van der Waals surface area contributed by atoms with Crippen LogP contribution in [-0.2, 0) is 77.5 Å². The third-order valence-corrected chi connectivity index (χ3v) is 11.0. The van der Waals surface area contributed by atoms with E-state index in [4.69, 9.17) is 37.9 Å². The number of benzene rings is 6. The predicted octanol–water partition coefficient (Wildman–Crippen LogP) is 8.62. The van der Waals surface area contributed by atoms with Gasteiger partial charge >= 0.3 is 0 Å². The van der Waals surface area contributed by atoms with Gasteiger partial charge < -0.3 is 48.1 Å². The quantitative estimate of drug-likeness (QED) is 0.0550. The lowest BCUT2D eigenvalue weighted by Gasteiger charge is -2.46. The van der Waals surface area contributed by atoms with Gasteiger partial charge in [0.15, 0.2) is 6.29 Å². The Morgan fingerprint density at radius 1 is 0.438 bits per heavy atom. The molecule has 0 aromatic heterocycles.